The molecule has 0 saturated carbocycles. The number of nitrogens with one attached hydrogen (secondary N) is 1. The molecule has 108 valence electrons. The zero-order chi connectivity index (χ0) is 14.8. The van der Waals surface area contributed by atoms with E-state index in [0.717, 1.165) is 6.54 Å². The molecule has 0 aliphatic carbocycles. The lowest BCUT2D eigenvalue weighted by Crippen LogP contribution is -2.47. The summed E-state index contributed by atoms with van der Waals surface area (Å²) in [4.78, 5) is 2.26. The quantitative estimate of drug-likeness (QED) is 0.888. The zero-order valence-electron chi connectivity index (χ0n) is 13.3. The topological polar surface area (TPSA) is 15.3 Å². The molecule has 2 aromatic rings. The third-order valence-electron chi connectivity index (χ3n) is 4.34. The molecule has 2 rings (SSSR count). The maximum Gasteiger partial charge on any atom is 0.0298 e. The zero-order valence-corrected chi connectivity index (χ0v) is 13.3. The molecule has 0 aromatic heterocycles. The summed E-state index contributed by atoms with van der Waals surface area (Å²) in [5, 5.41) is 6.33. The van der Waals surface area contributed by atoms with Crippen LogP contribution in [0.4, 0.5) is 0 Å². The fourth-order valence-electron chi connectivity index (χ4n) is 2.30. The Kier molecular flexibility index (Phi) is 4.46. The van der Waals surface area contributed by atoms with Crippen LogP contribution in [0.3, 0.4) is 0 Å². The molecule has 0 amide bonds. The van der Waals surface area contributed by atoms with E-state index in [2.05, 4.69) is 87.5 Å². The molecule has 1 atom stereocenters. The summed E-state index contributed by atoms with van der Waals surface area (Å²) in [6, 6.07) is 15.5. The number of rotatable bonds is 5. The van der Waals surface area contributed by atoms with Crippen LogP contribution in [0, 0.1) is 0 Å². The molecule has 0 fully saturated rings. The molecule has 2 aromatic carbocycles. The third kappa shape index (κ3) is 3.20. The van der Waals surface area contributed by atoms with Crippen molar-refractivity contribution in [3.63, 3.8) is 0 Å². The Morgan fingerprint density at radius 2 is 1.70 bits per heavy atom. The lowest BCUT2D eigenvalue weighted by atomic mass is 9.98. The second-order valence-electron chi connectivity index (χ2n) is 6.38. The lowest BCUT2D eigenvalue weighted by Gasteiger charge is -2.34. The molecular weight excluding hydrogens is 244 g/mol. The monoisotopic (exact) mass is 270 g/mol. The predicted molar refractivity (Wildman–Crippen MR) is 88.1 cm³/mol. The van der Waals surface area contributed by atoms with E-state index in [1.54, 1.807) is 0 Å². The van der Waals surface area contributed by atoms with Crippen molar-refractivity contribution in [3.05, 3.63) is 48.0 Å². The van der Waals surface area contributed by atoms with Gasteiger partial charge in [-0.25, -0.2) is 0 Å². The molecule has 2 heteroatoms. The van der Waals surface area contributed by atoms with Gasteiger partial charge in [-0.2, -0.15) is 0 Å². The van der Waals surface area contributed by atoms with Crippen LogP contribution in [0.25, 0.3) is 10.8 Å². The molecule has 1 N–H and O–H groups in total. The minimum absolute atomic E-state index is 0.152. The van der Waals surface area contributed by atoms with Crippen LogP contribution in [0.15, 0.2) is 42.5 Å². The van der Waals surface area contributed by atoms with E-state index in [1.807, 2.05) is 0 Å². The van der Waals surface area contributed by atoms with E-state index in [1.165, 1.54) is 16.3 Å². The normalized spacial score (nSPS) is 13.9. The van der Waals surface area contributed by atoms with Crippen molar-refractivity contribution in [3.8, 4) is 0 Å². The number of benzene rings is 2. The highest BCUT2D eigenvalue weighted by Gasteiger charge is 2.21. The molecule has 0 radical (unpaired) electrons. The number of hydrogen-bond donors (Lipinski definition) is 1. The SMILES string of the molecule is CC(NCC(C)(C)N(C)C)c1cccc2ccccc12. The van der Waals surface area contributed by atoms with Crippen LogP contribution in [0.5, 0.6) is 0 Å². The summed E-state index contributed by atoms with van der Waals surface area (Å²) in [5.41, 5.74) is 1.52. The fourth-order valence-corrected chi connectivity index (χ4v) is 2.30. The Morgan fingerprint density at radius 1 is 1.05 bits per heavy atom. The Morgan fingerprint density at radius 3 is 2.40 bits per heavy atom. The van der Waals surface area contributed by atoms with Gasteiger partial charge in [-0.05, 0) is 51.2 Å². The number of hydrogen-bond acceptors (Lipinski definition) is 2. The molecule has 2 nitrogen and oxygen atoms in total. The van der Waals surface area contributed by atoms with Crippen LogP contribution < -0.4 is 5.32 Å². The van der Waals surface area contributed by atoms with Gasteiger partial charge in [0.15, 0.2) is 0 Å². The molecule has 20 heavy (non-hydrogen) atoms. The first-order chi connectivity index (χ1) is 9.42. The largest absolute Gasteiger partial charge is 0.308 e. The second-order valence-corrected chi connectivity index (χ2v) is 6.38. The van der Waals surface area contributed by atoms with E-state index < -0.39 is 0 Å². The summed E-state index contributed by atoms with van der Waals surface area (Å²) >= 11 is 0. The van der Waals surface area contributed by atoms with Crippen LogP contribution in [0.2, 0.25) is 0 Å². The Bertz CT molecular complexity index is 567. The summed E-state index contributed by atoms with van der Waals surface area (Å²) in [5.74, 6) is 0. The number of likely N-dealkylation sites (N-methyl/N-ethyl adjacent to an activating group) is 1. The third-order valence-corrected chi connectivity index (χ3v) is 4.34. The van der Waals surface area contributed by atoms with Gasteiger partial charge in [0.2, 0.25) is 0 Å². The first-order valence-corrected chi connectivity index (χ1v) is 7.30. The second kappa shape index (κ2) is 5.94. The van der Waals surface area contributed by atoms with E-state index in [9.17, 15) is 0 Å². The van der Waals surface area contributed by atoms with Gasteiger partial charge in [-0.15, -0.1) is 0 Å². The minimum Gasteiger partial charge on any atom is -0.308 e. The Labute approximate surface area is 122 Å². The minimum atomic E-state index is 0.152. The number of nitrogens with zero attached hydrogens (tertiary/aromatic N) is 1. The van der Waals surface area contributed by atoms with Crippen LogP contribution >= 0.6 is 0 Å². The van der Waals surface area contributed by atoms with Crippen LogP contribution in [-0.2, 0) is 0 Å². The molecule has 0 saturated heterocycles. The van der Waals surface area contributed by atoms with Gasteiger partial charge in [0, 0.05) is 18.1 Å². The summed E-state index contributed by atoms with van der Waals surface area (Å²) < 4.78 is 0. The Hall–Kier alpha value is -1.38. The maximum absolute atomic E-state index is 3.67. The van der Waals surface area contributed by atoms with E-state index >= 15 is 0 Å². The van der Waals surface area contributed by atoms with Crippen molar-refractivity contribution < 1.29 is 0 Å². The van der Waals surface area contributed by atoms with Crippen molar-refractivity contribution in [1.82, 2.24) is 10.2 Å². The fraction of sp³-hybridized carbons (Fsp3) is 0.444. The Balaban J connectivity index is 2.18. The van der Waals surface area contributed by atoms with Gasteiger partial charge < -0.3 is 10.2 Å². The standard InChI is InChI=1S/C18H26N2/c1-14(19-13-18(2,3)20(4)5)16-12-8-10-15-9-6-7-11-17(15)16/h6-12,14,19H,13H2,1-5H3. The summed E-state index contributed by atoms with van der Waals surface area (Å²) in [6.45, 7) is 7.73. The van der Waals surface area contributed by atoms with Gasteiger partial charge in [0.05, 0.1) is 0 Å². The van der Waals surface area contributed by atoms with Crippen molar-refractivity contribution in [1.29, 1.82) is 0 Å². The predicted octanol–water partition coefficient (Wildman–Crippen LogP) is 3.83. The van der Waals surface area contributed by atoms with Crippen molar-refractivity contribution >= 4 is 10.8 Å². The summed E-state index contributed by atoms with van der Waals surface area (Å²) in [7, 11) is 4.26. The van der Waals surface area contributed by atoms with Gasteiger partial charge in [0.1, 0.15) is 0 Å². The maximum atomic E-state index is 3.67. The van der Waals surface area contributed by atoms with E-state index in [0.29, 0.717) is 6.04 Å². The van der Waals surface area contributed by atoms with Crippen molar-refractivity contribution in [2.75, 3.05) is 20.6 Å². The van der Waals surface area contributed by atoms with Crippen molar-refractivity contribution in [2.24, 2.45) is 0 Å². The molecule has 0 aliphatic rings. The van der Waals surface area contributed by atoms with Gasteiger partial charge in [-0.3, -0.25) is 0 Å². The number of fused-ring (bicyclic) bond motifs is 1. The van der Waals surface area contributed by atoms with Gasteiger partial charge >= 0.3 is 0 Å². The first kappa shape index (κ1) is 15.0. The van der Waals surface area contributed by atoms with E-state index in [4.69, 9.17) is 0 Å². The first-order valence-electron chi connectivity index (χ1n) is 7.30. The van der Waals surface area contributed by atoms with Crippen LogP contribution in [-0.4, -0.2) is 31.1 Å². The smallest absolute Gasteiger partial charge is 0.0298 e. The van der Waals surface area contributed by atoms with Gasteiger partial charge in [-0.1, -0.05) is 42.5 Å². The molecule has 0 aliphatic heterocycles. The average Bonchev–Trinajstić information content (AvgIpc) is 2.44. The highest BCUT2D eigenvalue weighted by molar-refractivity contribution is 5.86. The molecule has 0 bridgehead atoms. The molecule has 1 unspecified atom stereocenters. The average molecular weight is 270 g/mol. The van der Waals surface area contributed by atoms with Crippen LogP contribution in [0.1, 0.15) is 32.4 Å². The van der Waals surface area contributed by atoms with E-state index in [-0.39, 0.29) is 5.54 Å². The highest BCUT2D eigenvalue weighted by Crippen LogP contribution is 2.24. The highest BCUT2D eigenvalue weighted by atomic mass is 15.2. The lowest BCUT2D eigenvalue weighted by molar-refractivity contribution is 0.185. The van der Waals surface area contributed by atoms with Crippen molar-refractivity contribution in [2.45, 2.75) is 32.4 Å². The molecule has 0 heterocycles. The molecular formula is C18H26N2. The molecule has 0 spiro atoms. The van der Waals surface area contributed by atoms with Gasteiger partial charge in [0.25, 0.3) is 0 Å². The summed E-state index contributed by atoms with van der Waals surface area (Å²) in [6.07, 6.45) is 0.